The molecule has 1 aromatic carbocycles. The van der Waals surface area contributed by atoms with Crippen molar-refractivity contribution < 1.29 is 9.72 Å². The van der Waals surface area contributed by atoms with Crippen LogP contribution in [0.4, 0.5) is 5.69 Å². The fourth-order valence-corrected chi connectivity index (χ4v) is 3.90. The van der Waals surface area contributed by atoms with E-state index in [0.717, 1.165) is 21.3 Å². The number of thioether (sulfide) groups is 1. The Balaban J connectivity index is 1.66. The summed E-state index contributed by atoms with van der Waals surface area (Å²) < 4.78 is 0. The van der Waals surface area contributed by atoms with Crippen molar-refractivity contribution >= 4 is 34.6 Å². The molecule has 0 bridgehead atoms. The van der Waals surface area contributed by atoms with Gasteiger partial charge in [-0.1, -0.05) is 23.9 Å². The van der Waals surface area contributed by atoms with E-state index in [2.05, 4.69) is 15.2 Å². The third-order valence-corrected chi connectivity index (χ3v) is 5.52. The zero-order chi connectivity index (χ0) is 18.7. The predicted octanol–water partition coefficient (Wildman–Crippen LogP) is 4.10. The number of nitro groups is 1. The van der Waals surface area contributed by atoms with Gasteiger partial charge < -0.3 is 0 Å². The average molecular weight is 386 g/mol. The van der Waals surface area contributed by atoms with Crippen LogP contribution in [0.15, 0.2) is 41.4 Å². The third kappa shape index (κ3) is 4.12. The first-order chi connectivity index (χ1) is 12.4. The number of non-ortho nitro benzene ring substituents is 1. The average Bonchev–Trinajstić information content (AvgIpc) is 2.98. The first-order valence-corrected chi connectivity index (χ1v) is 9.43. The number of hydrogen-bond acceptors (Lipinski definition) is 8. The van der Waals surface area contributed by atoms with E-state index in [4.69, 9.17) is 0 Å². The van der Waals surface area contributed by atoms with Gasteiger partial charge in [-0.05, 0) is 26.0 Å². The summed E-state index contributed by atoms with van der Waals surface area (Å²) in [6.07, 6.45) is 0. The first-order valence-electron chi connectivity index (χ1n) is 7.62. The number of ketones is 1. The van der Waals surface area contributed by atoms with Gasteiger partial charge >= 0.3 is 0 Å². The SMILES string of the molecule is Cc1nc(C)c(-c2ccc(SCC(=O)c3cccc([N+](=O)[O-])c3)nn2)s1. The topological polar surface area (TPSA) is 98.9 Å². The summed E-state index contributed by atoms with van der Waals surface area (Å²) in [5.74, 6) is -0.0630. The van der Waals surface area contributed by atoms with Crippen LogP contribution in [0.3, 0.4) is 0 Å². The summed E-state index contributed by atoms with van der Waals surface area (Å²) in [5.41, 5.74) is 1.89. The van der Waals surface area contributed by atoms with Crippen molar-refractivity contribution in [3.8, 4) is 10.6 Å². The second-order valence-electron chi connectivity index (χ2n) is 5.42. The van der Waals surface area contributed by atoms with Crippen LogP contribution in [0.2, 0.25) is 0 Å². The Morgan fingerprint density at radius 3 is 2.65 bits per heavy atom. The number of aryl methyl sites for hydroxylation is 2. The van der Waals surface area contributed by atoms with E-state index in [1.165, 1.54) is 30.0 Å². The van der Waals surface area contributed by atoms with Crippen molar-refractivity contribution in [1.82, 2.24) is 15.2 Å². The minimum Gasteiger partial charge on any atom is -0.293 e. The molecule has 0 unspecified atom stereocenters. The number of thiazole rings is 1. The van der Waals surface area contributed by atoms with Gasteiger partial charge in [0.15, 0.2) is 5.78 Å². The molecule has 0 fully saturated rings. The van der Waals surface area contributed by atoms with E-state index in [0.29, 0.717) is 10.6 Å². The molecule has 3 aromatic rings. The monoisotopic (exact) mass is 386 g/mol. The summed E-state index contributed by atoms with van der Waals surface area (Å²) in [4.78, 5) is 27.9. The number of nitrogens with zero attached hydrogens (tertiary/aromatic N) is 4. The maximum atomic E-state index is 12.2. The van der Waals surface area contributed by atoms with Gasteiger partial charge in [0, 0.05) is 17.7 Å². The van der Waals surface area contributed by atoms with Crippen molar-refractivity contribution in [1.29, 1.82) is 0 Å². The fraction of sp³-hybridized carbons (Fsp3) is 0.176. The van der Waals surface area contributed by atoms with Gasteiger partial charge in [-0.15, -0.1) is 21.5 Å². The van der Waals surface area contributed by atoms with E-state index < -0.39 is 4.92 Å². The molecule has 0 aliphatic rings. The lowest BCUT2D eigenvalue weighted by Crippen LogP contribution is -2.03. The van der Waals surface area contributed by atoms with Crippen molar-refractivity contribution in [2.75, 3.05) is 5.75 Å². The van der Waals surface area contributed by atoms with Gasteiger partial charge in [-0.25, -0.2) is 4.98 Å². The van der Waals surface area contributed by atoms with Crippen LogP contribution in [0.1, 0.15) is 21.1 Å². The number of carbonyl (C=O) groups is 1. The molecule has 0 saturated heterocycles. The molecular weight excluding hydrogens is 372 g/mol. The van der Waals surface area contributed by atoms with E-state index in [-0.39, 0.29) is 17.2 Å². The van der Waals surface area contributed by atoms with Crippen LogP contribution < -0.4 is 0 Å². The van der Waals surface area contributed by atoms with Gasteiger partial charge in [0.1, 0.15) is 10.7 Å². The molecule has 0 aliphatic carbocycles. The second kappa shape index (κ2) is 7.71. The normalized spacial score (nSPS) is 10.7. The molecule has 0 saturated carbocycles. The highest BCUT2D eigenvalue weighted by atomic mass is 32.2. The van der Waals surface area contributed by atoms with Crippen molar-refractivity contribution in [2.45, 2.75) is 18.9 Å². The predicted molar refractivity (Wildman–Crippen MR) is 101 cm³/mol. The number of Topliss-reactive ketones (excluding diaryl/α,β-unsaturated/α-hetero) is 1. The molecule has 0 radical (unpaired) electrons. The van der Waals surface area contributed by atoms with E-state index >= 15 is 0 Å². The molecule has 132 valence electrons. The molecule has 2 heterocycles. The van der Waals surface area contributed by atoms with Gasteiger partial charge in [-0.2, -0.15) is 0 Å². The van der Waals surface area contributed by atoms with Crippen LogP contribution in [-0.2, 0) is 0 Å². The Kier molecular flexibility index (Phi) is 5.38. The lowest BCUT2D eigenvalue weighted by Gasteiger charge is -2.02. The molecule has 0 amide bonds. The quantitative estimate of drug-likeness (QED) is 0.272. The summed E-state index contributed by atoms with van der Waals surface area (Å²) in [6.45, 7) is 3.87. The van der Waals surface area contributed by atoms with Gasteiger partial charge in [-0.3, -0.25) is 14.9 Å². The standard InChI is InChI=1S/C17H14N4O3S2/c1-10-17(26-11(2)18-10)14-6-7-16(20-19-14)25-9-15(22)12-4-3-5-13(8-12)21(23)24/h3-8H,9H2,1-2H3. The summed E-state index contributed by atoms with van der Waals surface area (Å²) in [7, 11) is 0. The van der Waals surface area contributed by atoms with E-state index in [1.807, 2.05) is 26.0 Å². The lowest BCUT2D eigenvalue weighted by atomic mass is 10.1. The molecule has 2 aromatic heterocycles. The van der Waals surface area contributed by atoms with Crippen LogP contribution in [0.25, 0.3) is 10.6 Å². The highest BCUT2D eigenvalue weighted by molar-refractivity contribution is 7.99. The maximum Gasteiger partial charge on any atom is 0.270 e. The number of aromatic nitrogens is 3. The summed E-state index contributed by atoms with van der Waals surface area (Å²) in [6, 6.07) is 9.38. The molecule has 9 heteroatoms. The molecule has 26 heavy (non-hydrogen) atoms. The minimum atomic E-state index is -0.517. The summed E-state index contributed by atoms with van der Waals surface area (Å²) >= 11 is 2.81. The Hall–Kier alpha value is -2.65. The molecule has 0 N–H and O–H groups in total. The second-order valence-corrected chi connectivity index (χ2v) is 7.62. The Morgan fingerprint density at radius 2 is 2.04 bits per heavy atom. The highest BCUT2D eigenvalue weighted by Crippen LogP contribution is 2.28. The zero-order valence-corrected chi connectivity index (χ0v) is 15.6. The van der Waals surface area contributed by atoms with E-state index in [9.17, 15) is 14.9 Å². The van der Waals surface area contributed by atoms with Gasteiger partial charge in [0.2, 0.25) is 0 Å². The minimum absolute atomic E-state index is 0.0970. The first kappa shape index (κ1) is 18.2. The molecule has 7 nitrogen and oxygen atoms in total. The maximum absolute atomic E-state index is 12.2. The van der Waals surface area contributed by atoms with Gasteiger partial charge in [0.25, 0.3) is 5.69 Å². The molecule has 3 rings (SSSR count). The number of benzene rings is 1. The molecule has 0 spiro atoms. The van der Waals surface area contributed by atoms with Crippen molar-refractivity contribution in [3.63, 3.8) is 0 Å². The van der Waals surface area contributed by atoms with Crippen molar-refractivity contribution in [3.05, 3.63) is 62.8 Å². The molecule has 0 atom stereocenters. The Labute approximate surface area is 157 Å². The fourth-order valence-electron chi connectivity index (χ4n) is 2.30. The Bertz CT molecular complexity index is 970. The number of nitro benzene ring substituents is 1. The van der Waals surface area contributed by atoms with Crippen LogP contribution in [0.5, 0.6) is 0 Å². The third-order valence-electron chi connectivity index (χ3n) is 3.51. The highest BCUT2D eigenvalue weighted by Gasteiger charge is 2.13. The number of rotatable bonds is 6. The lowest BCUT2D eigenvalue weighted by molar-refractivity contribution is -0.384. The zero-order valence-electron chi connectivity index (χ0n) is 14.0. The van der Waals surface area contributed by atoms with Crippen LogP contribution >= 0.6 is 23.1 Å². The van der Waals surface area contributed by atoms with E-state index in [1.54, 1.807) is 17.4 Å². The molecule has 0 aliphatic heterocycles. The largest absolute Gasteiger partial charge is 0.293 e. The van der Waals surface area contributed by atoms with Crippen molar-refractivity contribution in [2.24, 2.45) is 0 Å². The number of carbonyl (C=O) groups excluding carboxylic acids is 1. The van der Waals surface area contributed by atoms with Crippen LogP contribution in [0, 0.1) is 24.0 Å². The summed E-state index contributed by atoms with van der Waals surface area (Å²) in [5, 5.41) is 20.7. The van der Waals surface area contributed by atoms with Gasteiger partial charge in [0.05, 0.1) is 26.3 Å². The smallest absolute Gasteiger partial charge is 0.270 e. The van der Waals surface area contributed by atoms with Crippen LogP contribution in [-0.4, -0.2) is 31.6 Å². The molecular formula is C17H14N4O3S2. The Morgan fingerprint density at radius 1 is 1.23 bits per heavy atom. The number of hydrogen-bond donors (Lipinski definition) is 0.